The van der Waals surface area contributed by atoms with Crippen molar-refractivity contribution in [2.24, 2.45) is 14.1 Å². The molecular weight excluding hydrogens is 434 g/mol. The Labute approximate surface area is 196 Å². The molecule has 0 amide bonds. The number of fused-ring (bicyclic) bond motifs is 3. The molecule has 8 nitrogen and oxygen atoms in total. The van der Waals surface area contributed by atoms with Crippen LogP contribution in [-0.2, 0) is 24.4 Å². The summed E-state index contributed by atoms with van der Waals surface area (Å²) in [5.74, 6) is 0.343. The highest BCUT2D eigenvalue weighted by molar-refractivity contribution is 5.96. The van der Waals surface area contributed by atoms with E-state index < -0.39 is 17.3 Å². The van der Waals surface area contributed by atoms with Gasteiger partial charge < -0.3 is 19.1 Å². The lowest BCUT2D eigenvalue weighted by atomic mass is 9.97. The summed E-state index contributed by atoms with van der Waals surface area (Å²) in [5, 5.41) is 10.6. The molecule has 0 saturated heterocycles. The highest BCUT2D eigenvalue weighted by Crippen LogP contribution is 2.46. The van der Waals surface area contributed by atoms with E-state index in [9.17, 15) is 14.7 Å². The van der Waals surface area contributed by atoms with Crippen molar-refractivity contribution in [2.45, 2.75) is 25.5 Å². The van der Waals surface area contributed by atoms with Gasteiger partial charge in [0.1, 0.15) is 6.10 Å². The number of benzene rings is 2. The predicted molar refractivity (Wildman–Crippen MR) is 130 cm³/mol. The molecule has 5 rings (SSSR count). The second-order valence-corrected chi connectivity index (χ2v) is 9.30. The van der Waals surface area contributed by atoms with E-state index in [4.69, 9.17) is 9.47 Å². The lowest BCUT2D eigenvalue weighted by Crippen LogP contribution is -2.40. The first-order valence-electron chi connectivity index (χ1n) is 11.1. The number of nitrogens with zero attached hydrogens (tertiary/aromatic N) is 3. The summed E-state index contributed by atoms with van der Waals surface area (Å²) in [4.78, 5) is 26.6. The molecule has 0 spiro atoms. The molecule has 176 valence electrons. The van der Waals surface area contributed by atoms with Crippen LogP contribution < -0.4 is 16.0 Å². The predicted octanol–water partition coefficient (Wildman–Crippen LogP) is 3.27. The number of hydrogen-bond acceptors (Lipinski definition) is 5. The van der Waals surface area contributed by atoms with Crippen molar-refractivity contribution in [1.82, 2.24) is 13.7 Å². The molecule has 0 bridgehead atoms. The van der Waals surface area contributed by atoms with E-state index >= 15 is 0 Å². The molecule has 1 unspecified atom stereocenters. The molecule has 1 aliphatic rings. The van der Waals surface area contributed by atoms with Gasteiger partial charge in [0.2, 0.25) is 0 Å². The third-order valence-electron chi connectivity index (χ3n) is 6.62. The quantitative estimate of drug-likeness (QED) is 0.506. The van der Waals surface area contributed by atoms with Crippen molar-refractivity contribution in [3.05, 3.63) is 80.6 Å². The van der Waals surface area contributed by atoms with Crippen LogP contribution in [0.4, 0.5) is 0 Å². The zero-order valence-corrected chi connectivity index (χ0v) is 19.8. The minimum atomic E-state index is -0.583. The van der Waals surface area contributed by atoms with Gasteiger partial charge in [-0.1, -0.05) is 36.4 Å². The number of methoxy groups -OCH3 is 1. The Morgan fingerprint density at radius 2 is 1.76 bits per heavy atom. The Balaban J connectivity index is 1.98. The standard InChI is InChI=1S/C26H27N3O5/c1-26(2)14-34-23(16-11-12-17(30)18(13-16)33-5)22-21-19(24(31)28(4)25(32)27(21)3)20(29(22)26)15-9-7-6-8-10-15/h6-13,23,30H,14H2,1-5H3. The van der Waals surface area contributed by atoms with Gasteiger partial charge in [-0.3, -0.25) is 13.9 Å². The zero-order valence-electron chi connectivity index (χ0n) is 19.8. The highest BCUT2D eigenvalue weighted by Gasteiger charge is 2.40. The van der Waals surface area contributed by atoms with E-state index in [0.717, 1.165) is 27.1 Å². The number of phenolic OH excluding ortho intramolecular Hbond substituents is 1. The molecule has 1 N–H and O–H groups in total. The monoisotopic (exact) mass is 461 g/mol. The fourth-order valence-electron chi connectivity index (χ4n) is 4.98. The van der Waals surface area contributed by atoms with Crippen molar-refractivity contribution < 1.29 is 14.6 Å². The molecule has 0 radical (unpaired) electrons. The first kappa shape index (κ1) is 22.0. The summed E-state index contributed by atoms with van der Waals surface area (Å²) >= 11 is 0. The minimum Gasteiger partial charge on any atom is -0.504 e. The van der Waals surface area contributed by atoms with E-state index in [1.54, 1.807) is 25.2 Å². The molecule has 0 aliphatic carbocycles. The molecular formula is C26H27N3O5. The molecule has 2 aromatic heterocycles. The second kappa shape index (κ2) is 7.63. The van der Waals surface area contributed by atoms with E-state index in [1.165, 1.54) is 18.7 Å². The van der Waals surface area contributed by atoms with Gasteiger partial charge in [-0.05, 0) is 37.1 Å². The van der Waals surface area contributed by atoms with Crippen molar-refractivity contribution in [3.8, 4) is 22.8 Å². The number of aryl methyl sites for hydroxylation is 1. The van der Waals surface area contributed by atoms with Gasteiger partial charge in [-0.15, -0.1) is 0 Å². The van der Waals surface area contributed by atoms with E-state index in [-0.39, 0.29) is 11.3 Å². The molecule has 1 atom stereocenters. The van der Waals surface area contributed by atoms with Crippen molar-refractivity contribution in [3.63, 3.8) is 0 Å². The topological polar surface area (TPSA) is 87.6 Å². The van der Waals surface area contributed by atoms with Crippen LogP contribution in [0, 0.1) is 0 Å². The molecule has 4 aromatic rings. The first-order valence-corrected chi connectivity index (χ1v) is 11.1. The number of hydrogen-bond donors (Lipinski definition) is 1. The number of phenols is 1. The molecule has 8 heteroatoms. The Morgan fingerprint density at radius 3 is 2.44 bits per heavy atom. The second-order valence-electron chi connectivity index (χ2n) is 9.30. The number of rotatable bonds is 3. The van der Waals surface area contributed by atoms with Crippen LogP contribution in [0.15, 0.2) is 58.1 Å². The van der Waals surface area contributed by atoms with E-state index in [2.05, 4.69) is 18.4 Å². The summed E-state index contributed by atoms with van der Waals surface area (Å²) < 4.78 is 16.5. The summed E-state index contributed by atoms with van der Waals surface area (Å²) in [6, 6.07) is 14.8. The summed E-state index contributed by atoms with van der Waals surface area (Å²) in [6.45, 7) is 4.49. The van der Waals surface area contributed by atoms with Gasteiger partial charge in [0, 0.05) is 14.1 Å². The Bertz CT molecular complexity index is 1540. The Kier molecular flexibility index (Phi) is 4.95. The molecule has 3 heterocycles. The third kappa shape index (κ3) is 3.02. The summed E-state index contributed by atoms with van der Waals surface area (Å²) in [6.07, 6.45) is -0.583. The largest absolute Gasteiger partial charge is 0.504 e. The van der Waals surface area contributed by atoms with Crippen LogP contribution in [0.25, 0.3) is 22.2 Å². The number of ether oxygens (including phenoxy) is 2. The minimum absolute atomic E-state index is 0.0221. The number of aromatic hydroxyl groups is 1. The Morgan fingerprint density at radius 1 is 1.06 bits per heavy atom. The van der Waals surface area contributed by atoms with Gasteiger partial charge in [-0.25, -0.2) is 4.79 Å². The zero-order chi connectivity index (χ0) is 24.4. The lowest BCUT2D eigenvalue weighted by molar-refractivity contribution is -0.00716. The lowest BCUT2D eigenvalue weighted by Gasteiger charge is -2.39. The number of aromatic nitrogens is 3. The van der Waals surface area contributed by atoms with Gasteiger partial charge >= 0.3 is 5.69 Å². The van der Waals surface area contributed by atoms with Crippen molar-refractivity contribution >= 4 is 10.9 Å². The molecule has 2 aromatic carbocycles. The molecule has 0 saturated carbocycles. The van der Waals surface area contributed by atoms with Crippen LogP contribution in [0.2, 0.25) is 0 Å². The van der Waals surface area contributed by atoms with Crippen molar-refractivity contribution in [2.75, 3.05) is 13.7 Å². The third-order valence-corrected chi connectivity index (χ3v) is 6.62. The SMILES string of the molecule is COc1cc(C2OCC(C)(C)n3c(-c4ccccc4)c4c(=O)n(C)c(=O)n(C)c4c32)ccc1O. The Hall–Kier alpha value is -3.78. The van der Waals surface area contributed by atoms with Gasteiger partial charge in [0.25, 0.3) is 5.56 Å². The fourth-order valence-corrected chi connectivity index (χ4v) is 4.98. The fraction of sp³-hybridized carbons (Fsp3) is 0.308. The summed E-state index contributed by atoms with van der Waals surface area (Å²) in [5.41, 5.74) is 2.38. The van der Waals surface area contributed by atoms with Crippen LogP contribution >= 0.6 is 0 Å². The highest BCUT2D eigenvalue weighted by atomic mass is 16.5. The average Bonchev–Trinajstić information content (AvgIpc) is 3.20. The van der Waals surface area contributed by atoms with Gasteiger partial charge in [0.15, 0.2) is 11.5 Å². The van der Waals surface area contributed by atoms with E-state index in [0.29, 0.717) is 23.3 Å². The van der Waals surface area contributed by atoms with Gasteiger partial charge in [-0.2, -0.15) is 0 Å². The van der Waals surface area contributed by atoms with Crippen LogP contribution in [0.5, 0.6) is 11.5 Å². The van der Waals surface area contributed by atoms with E-state index in [1.807, 2.05) is 30.3 Å². The molecule has 1 aliphatic heterocycles. The van der Waals surface area contributed by atoms with Crippen LogP contribution in [0.3, 0.4) is 0 Å². The van der Waals surface area contributed by atoms with Crippen LogP contribution in [-0.4, -0.2) is 32.5 Å². The average molecular weight is 462 g/mol. The first-order chi connectivity index (χ1) is 16.2. The normalized spacial score (nSPS) is 17.0. The maximum atomic E-state index is 13.6. The smallest absolute Gasteiger partial charge is 0.331 e. The maximum Gasteiger partial charge on any atom is 0.331 e. The summed E-state index contributed by atoms with van der Waals surface area (Å²) in [7, 11) is 4.66. The van der Waals surface area contributed by atoms with Crippen molar-refractivity contribution in [1.29, 1.82) is 0 Å². The van der Waals surface area contributed by atoms with Gasteiger partial charge in [0.05, 0.1) is 41.5 Å². The molecule has 34 heavy (non-hydrogen) atoms. The molecule has 0 fully saturated rings. The maximum absolute atomic E-state index is 13.6. The van der Waals surface area contributed by atoms with Crippen LogP contribution in [0.1, 0.15) is 31.2 Å².